The Morgan fingerprint density at radius 1 is 1.00 bits per heavy atom. The Hall–Kier alpha value is -2.90. The molecule has 9 heteroatoms. The van der Waals surface area contributed by atoms with Gasteiger partial charge in [-0.05, 0) is 30.2 Å². The maximum atomic E-state index is 12.7. The molecule has 3 rings (SSSR count). The van der Waals surface area contributed by atoms with E-state index in [2.05, 4.69) is 0 Å². The van der Waals surface area contributed by atoms with Gasteiger partial charge in [-0.3, -0.25) is 14.4 Å². The van der Waals surface area contributed by atoms with Gasteiger partial charge in [0.2, 0.25) is 5.91 Å². The first kappa shape index (κ1) is 21.8. The maximum absolute atomic E-state index is 12.7. The molecule has 2 aromatic carbocycles. The van der Waals surface area contributed by atoms with E-state index in [-0.39, 0.29) is 6.54 Å². The Morgan fingerprint density at radius 2 is 1.67 bits per heavy atom. The first-order valence-corrected chi connectivity index (χ1v) is 9.88. The smallest absolute Gasteiger partial charge is 0.335 e. The van der Waals surface area contributed by atoms with Gasteiger partial charge in [0.15, 0.2) is 0 Å². The average molecular weight is 448 g/mol. The Balaban J connectivity index is 1.70. The molecule has 0 aromatic heterocycles. The Labute approximate surface area is 183 Å². The van der Waals surface area contributed by atoms with Crippen molar-refractivity contribution in [2.45, 2.75) is 19.5 Å². The number of hydrogen-bond donors (Lipinski definition) is 0. The number of amides is 5. The van der Waals surface area contributed by atoms with Gasteiger partial charge in [-0.1, -0.05) is 59.6 Å². The highest BCUT2D eigenvalue weighted by molar-refractivity contribution is 6.45. The van der Waals surface area contributed by atoms with Crippen molar-refractivity contribution in [3.63, 3.8) is 0 Å². The molecule has 0 spiro atoms. The standard InChI is InChI=1S/C21H19Cl2N3O4/c1-13(15-6-4-3-5-7-15)26-20(29)19(28)25(21(26)30)12-18(27)24(2)11-14-8-9-16(22)17(23)10-14/h3-10,13H,11-12H2,1-2H3. The predicted octanol–water partition coefficient (Wildman–Crippen LogP) is 3.50. The summed E-state index contributed by atoms with van der Waals surface area (Å²) in [6, 6.07) is 12.4. The van der Waals surface area contributed by atoms with Crippen LogP contribution in [0.5, 0.6) is 0 Å². The molecule has 0 aliphatic carbocycles. The summed E-state index contributed by atoms with van der Waals surface area (Å²) in [5.41, 5.74) is 1.44. The minimum Gasteiger partial charge on any atom is -0.340 e. The van der Waals surface area contributed by atoms with E-state index in [0.29, 0.717) is 20.5 Å². The van der Waals surface area contributed by atoms with Gasteiger partial charge < -0.3 is 4.90 Å². The molecule has 1 saturated heterocycles. The van der Waals surface area contributed by atoms with E-state index >= 15 is 0 Å². The van der Waals surface area contributed by atoms with Crippen LogP contribution in [0.15, 0.2) is 48.5 Å². The molecule has 7 nitrogen and oxygen atoms in total. The summed E-state index contributed by atoms with van der Waals surface area (Å²) < 4.78 is 0. The van der Waals surface area contributed by atoms with Gasteiger partial charge in [-0.25, -0.2) is 14.6 Å². The number of hydrogen-bond acceptors (Lipinski definition) is 4. The fraction of sp³-hybridized carbons (Fsp3) is 0.238. The quantitative estimate of drug-likeness (QED) is 0.501. The van der Waals surface area contributed by atoms with Gasteiger partial charge >= 0.3 is 17.8 Å². The normalized spacial score (nSPS) is 15.0. The molecule has 2 aromatic rings. The van der Waals surface area contributed by atoms with Crippen LogP contribution >= 0.6 is 23.2 Å². The lowest BCUT2D eigenvalue weighted by molar-refractivity contribution is -0.145. The summed E-state index contributed by atoms with van der Waals surface area (Å²) >= 11 is 11.9. The van der Waals surface area contributed by atoms with Gasteiger partial charge in [0.05, 0.1) is 16.1 Å². The second-order valence-corrected chi connectivity index (χ2v) is 7.75. The van der Waals surface area contributed by atoms with E-state index in [4.69, 9.17) is 23.2 Å². The third-order valence-corrected chi connectivity index (χ3v) is 5.62. The second-order valence-electron chi connectivity index (χ2n) is 6.93. The Morgan fingerprint density at radius 3 is 2.30 bits per heavy atom. The summed E-state index contributed by atoms with van der Waals surface area (Å²) in [6.45, 7) is 1.32. The molecule has 1 fully saturated rings. The van der Waals surface area contributed by atoms with Crippen LogP contribution in [0.3, 0.4) is 0 Å². The highest BCUT2D eigenvalue weighted by Gasteiger charge is 2.47. The van der Waals surface area contributed by atoms with Crippen molar-refractivity contribution in [2.75, 3.05) is 13.6 Å². The number of imide groups is 2. The number of rotatable bonds is 6. The molecule has 0 N–H and O–H groups in total. The summed E-state index contributed by atoms with van der Waals surface area (Å²) in [6.07, 6.45) is 0. The largest absolute Gasteiger partial charge is 0.340 e. The van der Waals surface area contributed by atoms with Gasteiger partial charge in [0, 0.05) is 13.6 Å². The molecule has 1 aliphatic rings. The highest BCUT2D eigenvalue weighted by atomic mass is 35.5. The zero-order valence-corrected chi connectivity index (χ0v) is 17.9. The predicted molar refractivity (Wildman–Crippen MR) is 112 cm³/mol. The van der Waals surface area contributed by atoms with Gasteiger partial charge in [0.1, 0.15) is 6.54 Å². The van der Waals surface area contributed by atoms with Gasteiger partial charge in [-0.2, -0.15) is 0 Å². The summed E-state index contributed by atoms with van der Waals surface area (Å²) in [4.78, 5) is 53.0. The first-order valence-electron chi connectivity index (χ1n) is 9.12. The lowest BCUT2D eigenvalue weighted by Gasteiger charge is -2.23. The van der Waals surface area contributed by atoms with Crippen LogP contribution in [-0.4, -0.2) is 52.0 Å². The molecule has 5 amide bonds. The molecular weight excluding hydrogens is 429 g/mol. The average Bonchev–Trinajstić information content (AvgIpc) is 2.94. The number of nitrogens with zero attached hydrogens (tertiary/aromatic N) is 3. The topological polar surface area (TPSA) is 78.0 Å². The molecule has 1 heterocycles. The number of carbonyl (C=O) groups is 4. The van der Waals surface area contributed by atoms with Crippen molar-refractivity contribution in [3.8, 4) is 0 Å². The van der Waals surface area contributed by atoms with Crippen LogP contribution < -0.4 is 0 Å². The van der Waals surface area contributed by atoms with Gasteiger partial charge in [-0.15, -0.1) is 0 Å². The molecule has 0 radical (unpaired) electrons. The van der Waals surface area contributed by atoms with E-state index in [1.807, 2.05) is 6.07 Å². The molecule has 1 atom stereocenters. The minimum absolute atomic E-state index is 0.198. The number of halogens is 2. The molecule has 0 saturated carbocycles. The van der Waals surface area contributed by atoms with E-state index in [9.17, 15) is 19.2 Å². The molecule has 156 valence electrons. The van der Waals surface area contributed by atoms with E-state index in [1.165, 1.54) is 11.9 Å². The molecule has 1 unspecified atom stereocenters. The van der Waals surface area contributed by atoms with E-state index in [1.54, 1.807) is 49.4 Å². The number of carbonyl (C=O) groups excluding carboxylic acids is 4. The molecule has 0 bridgehead atoms. The van der Waals surface area contributed by atoms with Crippen LogP contribution in [0.1, 0.15) is 24.1 Å². The maximum Gasteiger partial charge on any atom is 0.335 e. The van der Waals surface area contributed by atoms with E-state index in [0.717, 1.165) is 10.5 Å². The zero-order valence-electron chi connectivity index (χ0n) is 16.3. The zero-order chi connectivity index (χ0) is 22.0. The van der Waals surface area contributed by atoms with Crippen LogP contribution in [-0.2, 0) is 20.9 Å². The number of urea groups is 1. The minimum atomic E-state index is -1.01. The number of likely N-dealkylation sites (N-methyl/N-ethyl adjacent to an activating group) is 1. The molecule has 1 aliphatic heterocycles. The Bertz CT molecular complexity index is 1010. The van der Waals surface area contributed by atoms with Crippen molar-refractivity contribution in [1.82, 2.24) is 14.7 Å². The lowest BCUT2D eigenvalue weighted by atomic mass is 10.1. The second kappa shape index (κ2) is 8.85. The van der Waals surface area contributed by atoms with Crippen molar-refractivity contribution < 1.29 is 19.2 Å². The summed E-state index contributed by atoms with van der Waals surface area (Å²) in [7, 11) is 1.53. The molecular formula is C21H19Cl2N3O4. The van der Waals surface area contributed by atoms with Crippen molar-refractivity contribution >= 4 is 47.0 Å². The monoisotopic (exact) mass is 447 g/mol. The fourth-order valence-electron chi connectivity index (χ4n) is 3.14. The SMILES string of the molecule is CC(c1ccccc1)N1C(=O)C(=O)N(CC(=O)N(C)Cc2ccc(Cl)c(Cl)c2)C1=O. The van der Waals surface area contributed by atoms with Crippen LogP contribution in [0.25, 0.3) is 0 Å². The molecule has 30 heavy (non-hydrogen) atoms. The van der Waals surface area contributed by atoms with Gasteiger partial charge in [0.25, 0.3) is 0 Å². The van der Waals surface area contributed by atoms with E-state index < -0.39 is 36.3 Å². The third-order valence-electron chi connectivity index (χ3n) is 4.88. The third kappa shape index (κ3) is 4.32. The van der Waals surface area contributed by atoms with Crippen LogP contribution in [0, 0.1) is 0 Å². The van der Waals surface area contributed by atoms with Crippen molar-refractivity contribution in [2.24, 2.45) is 0 Å². The fourth-order valence-corrected chi connectivity index (χ4v) is 3.46. The first-order chi connectivity index (χ1) is 14.2. The van der Waals surface area contributed by atoms with Crippen molar-refractivity contribution in [1.29, 1.82) is 0 Å². The number of benzene rings is 2. The van der Waals surface area contributed by atoms with Crippen LogP contribution in [0.4, 0.5) is 4.79 Å². The highest BCUT2D eigenvalue weighted by Crippen LogP contribution is 2.26. The lowest BCUT2D eigenvalue weighted by Crippen LogP contribution is -2.42. The Kier molecular flexibility index (Phi) is 6.43. The summed E-state index contributed by atoms with van der Waals surface area (Å²) in [5, 5.41) is 0.754. The van der Waals surface area contributed by atoms with Crippen molar-refractivity contribution in [3.05, 3.63) is 69.7 Å². The summed E-state index contributed by atoms with van der Waals surface area (Å²) in [5.74, 6) is -2.46. The van der Waals surface area contributed by atoms with Crippen LogP contribution in [0.2, 0.25) is 10.0 Å².